The minimum atomic E-state index is -0.0295. The Kier molecular flexibility index (Phi) is 11.0. The average Bonchev–Trinajstić information content (AvgIpc) is 2.55. The van der Waals surface area contributed by atoms with E-state index in [2.05, 4.69) is 41.3 Å². The second kappa shape index (κ2) is 11.5. The van der Waals surface area contributed by atoms with Gasteiger partial charge in [-0.3, -0.25) is 4.79 Å². The van der Waals surface area contributed by atoms with Gasteiger partial charge in [0, 0.05) is 31.4 Å². The van der Waals surface area contributed by atoms with E-state index in [-0.39, 0.29) is 36.8 Å². The number of piperidine rings is 1. The molecule has 2 atom stereocenters. The summed E-state index contributed by atoms with van der Waals surface area (Å²) in [7, 11) is 0. The molecule has 2 heterocycles. The zero-order chi connectivity index (χ0) is 15.9. The second-order valence-electron chi connectivity index (χ2n) is 5.95. The van der Waals surface area contributed by atoms with E-state index in [1.54, 1.807) is 6.20 Å². The lowest BCUT2D eigenvalue weighted by atomic mass is 9.99. The molecule has 24 heavy (non-hydrogen) atoms. The molecular weight excluding hydrogens is 347 g/mol. The van der Waals surface area contributed by atoms with Crippen molar-refractivity contribution in [2.45, 2.75) is 52.1 Å². The highest BCUT2D eigenvalue weighted by Gasteiger charge is 2.22. The molecule has 0 aromatic carbocycles. The maximum Gasteiger partial charge on any atom is 0.253 e. The Labute approximate surface area is 157 Å². The third-order valence-electron chi connectivity index (χ3n) is 4.29. The van der Waals surface area contributed by atoms with Crippen LogP contribution in [-0.4, -0.2) is 42.6 Å². The molecule has 0 spiro atoms. The predicted octanol–water partition coefficient (Wildman–Crippen LogP) is 3.03. The Bertz CT molecular complexity index is 484. The lowest BCUT2D eigenvalue weighted by Gasteiger charge is -2.30. The number of anilines is 1. The molecule has 1 fully saturated rings. The van der Waals surface area contributed by atoms with Crippen molar-refractivity contribution in [3.05, 3.63) is 23.9 Å². The van der Waals surface area contributed by atoms with Gasteiger partial charge in [-0.15, -0.1) is 24.8 Å². The third-order valence-corrected chi connectivity index (χ3v) is 4.29. The van der Waals surface area contributed by atoms with Gasteiger partial charge in [0.2, 0.25) is 0 Å². The van der Waals surface area contributed by atoms with Crippen LogP contribution in [0.15, 0.2) is 18.3 Å². The van der Waals surface area contributed by atoms with Crippen molar-refractivity contribution >= 4 is 36.5 Å². The van der Waals surface area contributed by atoms with Crippen molar-refractivity contribution in [2.24, 2.45) is 0 Å². The normalized spacial score (nSPS) is 19.6. The Morgan fingerprint density at radius 3 is 2.67 bits per heavy atom. The molecule has 0 radical (unpaired) electrons. The number of carbonyl (C=O) groups is 1. The molecule has 138 valence electrons. The summed E-state index contributed by atoms with van der Waals surface area (Å²) in [4.78, 5) is 19.0. The lowest BCUT2D eigenvalue weighted by Crippen LogP contribution is -2.51. The Balaban J connectivity index is 0.00000264. The first-order valence-corrected chi connectivity index (χ1v) is 8.41. The van der Waals surface area contributed by atoms with Crippen LogP contribution < -0.4 is 15.5 Å². The summed E-state index contributed by atoms with van der Waals surface area (Å²) in [6.45, 7) is 9.35. The van der Waals surface area contributed by atoms with Crippen molar-refractivity contribution < 1.29 is 4.79 Å². The molecule has 5 nitrogen and oxygen atoms in total. The standard InChI is InChI=1S/C17H28N4O.2ClH/c1-4-11-21(5-2)16-9-8-14(12-19-16)17(22)20-15-7-6-10-18-13(15)3;;/h8-9,12-13,15,18H,4-7,10-11H2,1-3H3,(H,20,22);2*1H. The summed E-state index contributed by atoms with van der Waals surface area (Å²) in [6.07, 6.45) is 4.91. The van der Waals surface area contributed by atoms with Gasteiger partial charge in [-0.05, 0) is 51.8 Å². The molecule has 0 bridgehead atoms. The van der Waals surface area contributed by atoms with Crippen LogP contribution in [0.3, 0.4) is 0 Å². The van der Waals surface area contributed by atoms with Gasteiger partial charge < -0.3 is 15.5 Å². The maximum atomic E-state index is 12.3. The highest BCUT2D eigenvalue weighted by molar-refractivity contribution is 5.94. The molecule has 0 aliphatic carbocycles. The van der Waals surface area contributed by atoms with Crippen molar-refractivity contribution in [1.82, 2.24) is 15.6 Å². The van der Waals surface area contributed by atoms with E-state index in [9.17, 15) is 4.79 Å². The van der Waals surface area contributed by atoms with Crippen molar-refractivity contribution in [2.75, 3.05) is 24.5 Å². The fourth-order valence-corrected chi connectivity index (χ4v) is 2.90. The highest BCUT2D eigenvalue weighted by Crippen LogP contribution is 2.13. The zero-order valence-corrected chi connectivity index (χ0v) is 16.4. The lowest BCUT2D eigenvalue weighted by molar-refractivity contribution is 0.0919. The minimum Gasteiger partial charge on any atom is -0.357 e. The Morgan fingerprint density at radius 2 is 2.12 bits per heavy atom. The summed E-state index contributed by atoms with van der Waals surface area (Å²) in [5.74, 6) is 0.909. The fourth-order valence-electron chi connectivity index (χ4n) is 2.90. The van der Waals surface area contributed by atoms with Gasteiger partial charge in [0.05, 0.1) is 5.56 Å². The van der Waals surface area contributed by atoms with E-state index in [4.69, 9.17) is 0 Å². The predicted molar refractivity (Wildman–Crippen MR) is 105 cm³/mol. The van der Waals surface area contributed by atoms with E-state index in [1.165, 1.54) is 0 Å². The summed E-state index contributed by atoms with van der Waals surface area (Å²) in [5, 5.41) is 6.52. The van der Waals surface area contributed by atoms with E-state index in [0.717, 1.165) is 44.7 Å². The smallest absolute Gasteiger partial charge is 0.253 e. The van der Waals surface area contributed by atoms with Gasteiger partial charge in [0.15, 0.2) is 0 Å². The van der Waals surface area contributed by atoms with Crippen LogP contribution in [-0.2, 0) is 0 Å². The van der Waals surface area contributed by atoms with Gasteiger partial charge in [-0.25, -0.2) is 4.98 Å². The first-order chi connectivity index (χ1) is 10.7. The van der Waals surface area contributed by atoms with Crippen LogP contribution in [0, 0.1) is 0 Å². The van der Waals surface area contributed by atoms with Gasteiger partial charge >= 0.3 is 0 Å². The van der Waals surface area contributed by atoms with Gasteiger partial charge in [0.1, 0.15) is 5.82 Å². The second-order valence-corrected chi connectivity index (χ2v) is 5.95. The Hall–Kier alpha value is -1.04. The molecule has 1 aliphatic heterocycles. The minimum absolute atomic E-state index is 0. The van der Waals surface area contributed by atoms with E-state index < -0.39 is 0 Å². The number of aromatic nitrogens is 1. The first-order valence-electron chi connectivity index (χ1n) is 8.41. The molecule has 1 aliphatic rings. The molecule has 1 aromatic rings. The van der Waals surface area contributed by atoms with E-state index in [0.29, 0.717) is 11.6 Å². The largest absolute Gasteiger partial charge is 0.357 e. The van der Waals surface area contributed by atoms with Crippen LogP contribution >= 0.6 is 24.8 Å². The third kappa shape index (κ3) is 6.11. The van der Waals surface area contributed by atoms with Crippen LogP contribution in [0.25, 0.3) is 0 Å². The molecule has 2 rings (SSSR count). The molecule has 2 N–H and O–H groups in total. The Morgan fingerprint density at radius 1 is 1.38 bits per heavy atom. The summed E-state index contributed by atoms with van der Waals surface area (Å²) in [5.41, 5.74) is 0.633. The van der Waals surface area contributed by atoms with Gasteiger partial charge in [-0.1, -0.05) is 6.92 Å². The number of carbonyl (C=O) groups excluding carboxylic acids is 1. The number of nitrogens with one attached hydrogen (secondary N) is 2. The van der Waals surface area contributed by atoms with Gasteiger partial charge in [0.25, 0.3) is 5.91 Å². The number of amides is 1. The molecule has 0 saturated carbocycles. The van der Waals surface area contributed by atoms with Crippen molar-refractivity contribution in [3.8, 4) is 0 Å². The number of hydrogen-bond acceptors (Lipinski definition) is 4. The summed E-state index contributed by atoms with van der Waals surface area (Å²) in [6, 6.07) is 4.34. The summed E-state index contributed by atoms with van der Waals surface area (Å²) >= 11 is 0. The number of rotatable bonds is 6. The van der Waals surface area contributed by atoms with Crippen LogP contribution in [0.2, 0.25) is 0 Å². The molecular formula is C17H30Cl2N4O. The fraction of sp³-hybridized carbons (Fsp3) is 0.647. The monoisotopic (exact) mass is 376 g/mol. The van der Waals surface area contributed by atoms with E-state index >= 15 is 0 Å². The number of halogens is 2. The van der Waals surface area contributed by atoms with Crippen molar-refractivity contribution in [3.63, 3.8) is 0 Å². The SMILES string of the molecule is CCCN(CC)c1ccc(C(=O)NC2CCCNC2C)cn1.Cl.Cl. The zero-order valence-electron chi connectivity index (χ0n) is 14.7. The highest BCUT2D eigenvalue weighted by atomic mass is 35.5. The number of pyridine rings is 1. The molecule has 1 aromatic heterocycles. The average molecular weight is 377 g/mol. The summed E-state index contributed by atoms with van der Waals surface area (Å²) < 4.78 is 0. The number of nitrogens with zero attached hydrogens (tertiary/aromatic N) is 2. The molecule has 2 unspecified atom stereocenters. The van der Waals surface area contributed by atoms with Crippen LogP contribution in [0.5, 0.6) is 0 Å². The van der Waals surface area contributed by atoms with Crippen LogP contribution in [0.4, 0.5) is 5.82 Å². The topological polar surface area (TPSA) is 57.3 Å². The van der Waals surface area contributed by atoms with Crippen LogP contribution in [0.1, 0.15) is 50.4 Å². The first kappa shape index (κ1) is 23.0. The number of hydrogen-bond donors (Lipinski definition) is 2. The maximum absolute atomic E-state index is 12.3. The molecule has 1 saturated heterocycles. The van der Waals surface area contributed by atoms with E-state index in [1.807, 2.05) is 12.1 Å². The molecule has 1 amide bonds. The molecule has 7 heteroatoms. The quantitative estimate of drug-likeness (QED) is 0.800. The van der Waals surface area contributed by atoms with Crippen molar-refractivity contribution in [1.29, 1.82) is 0 Å². The van der Waals surface area contributed by atoms with Gasteiger partial charge in [-0.2, -0.15) is 0 Å².